The van der Waals surface area contributed by atoms with Crippen LogP contribution in [0.5, 0.6) is 11.5 Å². The van der Waals surface area contributed by atoms with Gasteiger partial charge >= 0.3 is 0 Å². The molecule has 2 aromatic rings. The number of anilines is 1. The Morgan fingerprint density at radius 3 is 2.21 bits per heavy atom. The highest BCUT2D eigenvalue weighted by Gasteiger charge is 2.08. The lowest BCUT2D eigenvalue weighted by Gasteiger charge is -2.14. The minimum Gasteiger partial charge on any atom is -0.493 e. The van der Waals surface area contributed by atoms with Gasteiger partial charge in [-0.25, -0.2) is 13.4 Å². The van der Waals surface area contributed by atoms with Crippen LogP contribution in [0.2, 0.25) is 0 Å². The summed E-state index contributed by atoms with van der Waals surface area (Å²) in [5.41, 5.74) is 1.71. The summed E-state index contributed by atoms with van der Waals surface area (Å²) in [6, 6.07) is 12.2. The summed E-state index contributed by atoms with van der Waals surface area (Å²) in [5, 5.41) is 6.39. The third-order valence-electron chi connectivity index (χ3n) is 3.76. The van der Waals surface area contributed by atoms with E-state index >= 15 is 0 Å². The molecular formula is C19H26IN3O4S. The average molecular weight is 519 g/mol. The summed E-state index contributed by atoms with van der Waals surface area (Å²) in [7, 11) is -0.0220. The lowest BCUT2D eigenvalue weighted by atomic mass is 10.2. The zero-order valence-electron chi connectivity index (χ0n) is 16.4. The Morgan fingerprint density at radius 1 is 1.04 bits per heavy atom. The molecule has 0 aliphatic carbocycles. The summed E-state index contributed by atoms with van der Waals surface area (Å²) in [5.74, 6) is 1.88. The topological polar surface area (TPSA) is 89.0 Å². The number of guanidine groups is 1. The summed E-state index contributed by atoms with van der Waals surface area (Å²) in [6.45, 7) is 3.09. The fourth-order valence-electron chi connectivity index (χ4n) is 2.37. The number of ether oxygens (including phenoxy) is 2. The van der Waals surface area contributed by atoms with Gasteiger partial charge in [0.05, 0.1) is 25.7 Å². The van der Waals surface area contributed by atoms with E-state index in [0.29, 0.717) is 35.4 Å². The Bertz CT molecular complexity index is 900. The second-order valence-corrected chi connectivity index (χ2v) is 7.82. The van der Waals surface area contributed by atoms with Gasteiger partial charge in [-0.2, -0.15) is 0 Å². The number of benzene rings is 2. The van der Waals surface area contributed by atoms with Crippen LogP contribution in [0.3, 0.4) is 0 Å². The molecule has 7 nitrogen and oxygen atoms in total. The summed E-state index contributed by atoms with van der Waals surface area (Å²) < 4.78 is 33.6. The van der Waals surface area contributed by atoms with E-state index in [1.807, 2.05) is 25.1 Å². The van der Waals surface area contributed by atoms with E-state index in [1.165, 1.54) is 6.26 Å². The van der Waals surface area contributed by atoms with Crippen LogP contribution in [0, 0.1) is 0 Å². The minimum atomic E-state index is -3.20. The first kappa shape index (κ1) is 24.0. The number of rotatable bonds is 7. The molecule has 0 aliphatic rings. The summed E-state index contributed by atoms with van der Waals surface area (Å²) >= 11 is 0. The van der Waals surface area contributed by atoms with Crippen molar-refractivity contribution in [3.05, 3.63) is 48.0 Å². The predicted molar refractivity (Wildman–Crippen MR) is 123 cm³/mol. The Hall–Kier alpha value is -2.01. The predicted octanol–water partition coefficient (Wildman–Crippen LogP) is 3.30. The maximum Gasteiger partial charge on any atom is 0.196 e. The first-order valence-electron chi connectivity index (χ1n) is 8.43. The van der Waals surface area contributed by atoms with Gasteiger partial charge in [0.1, 0.15) is 0 Å². The molecule has 0 unspecified atom stereocenters. The highest BCUT2D eigenvalue weighted by molar-refractivity contribution is 14.0. The highest BCUT2D eigenvalue weighted by atomic mass is 127. The molecule has 0 bridgehead atoms. The van der Waals surface area contributed by atoms with E-state index in [0.717, 1.165) is 11.3 Å². The number of methoxy groups -OCH3 is 2. The van der Waals surface area contributed by atoms with Gasteiger partial charge < -0.3 is 20.1 Å². The number of hydrogen-bond acceptors (Lipinski definition) is 5. The molecule has 9 heteroatoms. The molecule has 0 atom stereocenters. The van der Waals surface area contributed by atoms with Crippen molar-refractivity contribution >= 4 is 45.5 Å². The first-order valence-corrected chi connectivity index (χ1v) is 10.3. The maximum absolute atomic E-state index is 11.5. The monoisotopic (exact) mass is 519 g/mol. The van der Waals surface area contributed by atoms with Crippen molar-refractivity contribution in [1.82, 2.24) is 5.32 Å². The van der Waals surface area contributed by atoms with Gasteiger partial charge in [0.2, 0.25) is 0 Å². The van der Waals surface area contributed by atoms with Gasteiger partial charge in [-0.1, -0.05) is 12.1 Å². The molecule has 0 aromatic heterocycles. The molecular weight excluding hydrogens is 493 g/mol. The van der Waals surface area contributed by atoms with Gasteiger partial charge in [0.15, 0.2) is 27.3 Å². The van der Waals surface area contributed by atoms with Gasteiger partial charge in [-0.3, -0.25) is 0 Å². The van der Waals surface area contributed by atoms with Crippen LogP contribution in [0.1, 0.15) is 12.5 Å². The number of nitrogens with one attached hydrogen (secondary N) is 2. The molecule has 0 saturated carbocycles. The van der Waals surface area contributed by atoms with Crippen molar-refractivity contribution in [1.29, 1.82) is 0 Å². The van der Waals surface area contributed by atoms with Crippen molar-refractivity contribution < 1.29 is 17.9 Å². The van der Waals surface area contributed by atoms with Crippen molar-refractivity contribution in [3.63, 3.8) is 0 Å². The normalized spacial score (nSPS) is 11.4. The van der Waals surface area contributed by atoms with Gasteiger partial charge in [0, 0.05) is 24.6 Å². The quantitative estimate of drug-likeness (QED) is 0.332. The minimum absolute atomic E-state index is 0. The number of sulfone groups is 1. The standard InChI is InChI=1S/C19H25N3O4S.HI/c1-5-20-19(22-15-8-11-17(25-2)18(12-15)26-3)21-13-14-6-9-16(10-7-14)27(4,23)24;/h6-12H,5,13H2,1-4H3,(H2,20,21,22);1H. The number of nitrogens with zero attached hydrogens (tertiary/aromatic N) is 1. The van der Waals surface area contributed by atoms with Crippen LogP contribution >= 0.6 is 24.0 Å². The molecule has 0 fully saturated rings. The van der Waals surface area contributed by atoms with Crippen molar-refractivity contribution in [2.45, 2.75) is 18.4 Å². The number of hydrogen-bond donors (Lipinski definition) is 2. The Kier molecular flexibility index (Phi) is 9.53. The third-order valence-corrected chi connectivity index (χ3v) is 4.89. The van der Waals surface area contributed by atoms with Crippen molar-refractivity contribution in [2.24, 2.45) is 4.99 Å². The summed E-state index contributed by atoms with van der Waals surface area (Å²) in [6.07, 6.45) is 1.19. The van der Waals surface area contributed by atoms with Crippen LogP contribution in [0.25, 0.3) is 0 Å². The highest BCUT2D eigenvalue weighted by Crippen LogP contribution is 2.29. The van der Waals surface area contributed by atoms with Crippen LogP contribution in [0.4, 0.5) is 5.69 Å². The van der Waals surface area contributed by atoms with E-state index in [9.17, 15) is 8.42 Å². The van der Waals surface area contributed by atoms with Gasteiger partial charge in [-0.15, -0.1) is 24.0 Å². The van der Waals surface area contributed by atoms with E-state index in [-0.39, 0.29) is 24.0 Å². The third kappa shape index (κ3) is 6.86. The van der Waals surface area contributed by atoms with Crippen LogP contribution in [-0.2, 0) is 16.4 Å². The molecule has 2 rings (SSSR count). The number of aliphatic imine (C=N–C) groups is 1. The fourth-order valence-corrected chi connectivity index (χ4v) is 3.00. The number of halogens is 1. The Labute approximate surface area is 183 Å². The SMILES string of the molecule is CCNC(=NCc1ccc(S(C)(=O)=O)cc1)Nc1ccc(OC)c(OC)c1.I. The van der Waals surface area contributed by atoms with Crippen molar-refractivity contribution in [3.8, 4) is 11.5 Å². The fraction of sp³-hybridized carbons (Fsp3) is 0.316. The zero-order chi connectivity index (χ0) is 19.9. The molecule has 0 heterocycles. The van der Waals surface area contributed by atoms with E-state index in [4.69, 9.17) is 9.47 Å². The summed E-state index contributed by atoms with van der Waals surface area (Å²) in [4.78, 5) is 4.84. The molecule has 0 aliphatic heterocycles. The van der Waals surface area contributed by atoms with E-state index in [1.54, 1.807) is 38.5 Å². The molecule has 0 radical (unpaired) electrons. The van der Waals surface area contributed by atoms with Crippen LogP contribution < -0.4 is 20.1 Å². The van der Waals surface area contributed by atoms with Crippen LogP contribution in [0.15, 0.2) is 52.4 Å². The van der Waals surface area contributed by atoms with E-state index in [2.05, 4.69) is 15.6 Å². The second kappa shape index (κ2) is 11.1. The van der Waals surface area contributed by atoms with Crippen molar-refractivity contribution in [2.75, 3.05) is 32.3 Å². The lowest BCUT2D eigenvalue weighted by molar-refractivity contribution is 0.355. The first-order chi connectivity index (χ1) is 12.9. The molecule has 28 heavy (non-hydrogen) atoms. The zero-order valence-corrected chi connectivity index (χ0v) is 19.5. The van der Waals surface area contributed by atoms with Gasteiger partial charge in [0.25, 0.3) is 0 Å². The Morgan fingerprint density at radius 2 is 1.68 bits per heavy atom. The maximum atomic E-state index is 11.5. The molecule has 0 saturated heterocycles. The molecule has 154 valence electrons. The molecule has 2 N–H and O–H groups in total. The molecule has 2 aromatic carbocycles. The van der Waals surface area contributed by atoms with E-state index < -0.39 is 9.84 Å². The smallest absolute Gasteiger partial charge is 0.196 e. The van der Waals surface area contributed by atoms with Crippen LogP contribution in [-0.4, -0.2) is 41.4 Å². The second-order valence-electron chi connectivity index (χ2n) is 5.81. The molecule has 0 spiro atoms. The van der Waals surface area contributed by atoms with Gasteiger partial charge in [-0.05, 0) is 36.8 Å². The average Bonchev–Trinajstić information content (AvgIpc) is 2.65. The molecule has 0 amide bonds. The largest absolute Gasteiger partial charge is 0.493 e. The Balaban J connectivity index is 0.00000392. The lowest BCUT2D eigenvalue weighted by Crippen LogP contribution is -2.30.